The van der Waals surface area contributed by atoms with Gasteiger partial charge < -0.3 is 20.1 Å². The third kappa shape index (κ3) is 4.49. The van der Waals surface area contributed by atoms with E-state index < -0.39 is 0 Å². The highest BCUT2D eigenvalue weighted by Crippen LogP contribution is 2.40. The summed E-state index contributed by atoms with van der Waals surface area (Å²) in [5.74, 6) is 2.57. The van der Waals surface area contributed by atoms with E-state index in [1.807, 2.05) is 19.1 Å². The number of anilines is 1. The standard InChI is InChI=1S/C26H25ClN8O2/c1-3-21-25(32-15(2)34-12-16-8-18(34)10-22(16)36)26(30-13-28-21)33-17-4-5-23(20(27)9-17)37-19-6-7-35-24(11-19)29-14-31-35/h3-7,9,11,13-14,16,18,22,36H,2,8,10,12H2,1H3,(H,28,30,33)/b21-3?,32-25+. The van der Waals surface area contributed by atoms with Crippen LogP contribution >= 0.6 is 11.6 Å². The Morgan fingerprint density at radius 3 is 2.95 bits per heavy atom. The number of allylic oxidation sites excluding steroid dienone is 1. The third-order valence-electron chi connectivity index (χ3n) is 6.88. The highest BCUT2D eigenvalue weighted by atomic mass is 35.5. The molecule has 1 aliphatic carbocycles. The van der Waals surface area contributed by atoms with E-state index in [1.165, 1.54) is 12.7 Å². The number of hydrogen-bond donors (Lipinski definition) is 2. The molecule has 2 bridgehead atoms. The number of pyridine rings is 1. The smallest absolute Gasteiger partial charge is 0.160 e. The molecule has 3 aliphatic rings. The molecule has 1 saturated carbocycles. The van der Waals surface area contributed by atoms with Gasteiger partial charge in [0.1, 0.15) is 35.7 Å². The zero-order valence-corrected chi connectivity index (χ0v) is 20.9. The van der Waals surface area contributed by atoms with Crippen LogP contribution in [0.2, 0.25) is 5.02 Å². The number of aliphatic hydroxyl groups is 1. The van der Waals surface area contributed by atoms with Gasteiger partial charge >= 0.3 is 0 Å². The molecule has 3 atom stereocenters. The Morgan fingerprint density at radius 2 is 2.19 bits per heavy atom. The number of nitrogens with one attached hydrogen (secondary N) is 1. The van der Waals surface area contributed by atoms with Gasteiger partial charge in [0.05, 0.1) is 16.8 Å². The van der Waals surface area contributed by atoms with E-state index in [-0.39, 0.29) is 18.1 Å². The summed E-state index contributed by atoms with van der Waals surface area (Å²) >= 11 is 6.56. The van der Waals surface area contributed by atoms with E-state index in [0.29, 0.717) is 45.2 Å². The number of hydrogen-bond acceptors (Lipinski definition) is 9. The fourth-order valence-corrected chi connectivity index (χ4v) is 5.25. The summed E-state index contributed by atoms with van der Waals surface area (Å²) in [6.07, 6.45) is 8.13. The maximum absolute atomic E-state index is 10.1. The summed E-state index contributed by atoms with van der Waals surface area (Å²) in [5.41, 5.74) is 2.68. The molecule has 2 aromatic heterocycles. The molecule has 2 fully saturated rings. The van der Waals surface area contributed by atoms with Crippen LogP contribution in [0.5, 0.6) is 11.5 Å². The second-order valence-corrected chi connectivity index (χ2v) is 9.58. The second-order valence-electron chi connectivity index (χ2n) is 9.18. The number of fused-ring (bicyclic) bond motifs is 3. The van der Waals surface area contributed by atoms with Crippen molar-refractivity contribution in [3.05, 3.63) is 72.1 Å². The van der Waals surface area contributed by atoms with E-state index in [2.05, 4.69) is 36.9 Å². The Kier molecular flexibility index (Phi) is 5.97. The maximum Gasteiger partial charge on any atom is 0.160 e. The molecule has 37 heavy (non-hydrogen) atoms. The van der Waals surface area contributed by atoms with Crippen molar-refractivity contribution >= 4 is 40.8 Å². The van der Waals surface area contributed by atoms with Gasteiger partial charge in [-0.15, -0.1) is 0 Å². The Morgan fingerprint density at radius 1 is 1.30 bits per heavy atom. The summed E-state index contributed by atoms with van der Waals surface area (Å²) in [4.78, 5) is 20.0. The number of likely N-dealkylation sites (tertiary alicyclic amines) is 1. The highest BCUT2D eigenvalue weighted by Gasteiger charge is 2.44. The molecule has 3 unspecified atom stereocenters. The van der Waals surface area contributed by atoms with Crippen molar-refractivity contribution in [2.24, 2.45) is 20.9 Å². The molecule has 10 nitrogen and oxygen atoms in total. The van der Waals surface area contributed by atoms with Crippen LogP contribution in [0.15, 0.2) is 82.0 Å². The summed E-state index contributed by atoms with van der Waals surface area (Å²) in [7, 11) is 0. The average molecular weight is 517 g/mol. The monoisotopic (exact) mass is 516 g/mol. The molecule has 0 amide bonds. The minimum Gasteiger partial charge on any atom is -0.456 e. The first-order valence-electron chi connectivity index (χ1n) is 12.0. The number of ether oxygens (including phenoxy) is 1. The van der Waals surface area contributed by atoms with E-state index in [1.54, 1.807) is 35.0 Å². The van der Waals surface area contributed by atoms with Crippen LogP contribution in [-0.2, 0) is 0 Å². The van der Waals surface area contributed by atoms with Crippen LogP contribution < -0.4 is 10.1 Å². The molecule has 188 valence electrons. The van der Waals surface area contributed by atoms with Crippen LogP contribution in [0.3, 0.4) is 0 Å². The third-order valence-corrected chi connectivity index (χ3v) is 7.17. The van der Waals surface area contributed by atoms with Crippen LogP contribution in [0.1, 0.15) is 19.8 Å². The molecule has 0 spiro atoms. The fraction of sp³-hybridized carbons (Fsp3) is 0.269. The van der Waals surface area contributed by atoms with E-state index in [9.17, 15) is 5.11 Å². The van der Waals surface area contributed by atoms with Gasteiger partial charge in [-0.3, -0.25) is 0 Å². The quantitative estimate of drug-likeness (QED) is 0.523. The topological polar surface area (TPSA) is 112 Å². The predicted molar refractivity (Wildman–Crippen MR) is 144 cm³/mol. The van der Waals surface area contributed by atoms with Gasteiger partial charge in [-0.2, -0.15) is 5.10 Å². The first-order chi connectivity index (χ1) is 18.0. The number of halogens is 1. The largest absolute Gasteiger partial charge is 0.456 e. The van der Waals surface area contributed by atoms with Crippen LogP contribution in [-0.4, -0.2) is 61.2 Å². The summed E-state index contributed by atoms with van der Waals surface area (Å²) in [5, 5.41) is 17.9. The number of aliphatic hydroxyl groups excluding tert-OH is 1. The molecular weight excluding hydrogens is 492 g/mol. The second kappa shape index (κ2) is 9.45. The maximum atomic E-state index is 10.1. The number of benzene rings is 1. The van der Waals surface area contributed by atoms with Crippen molar-refractivity contribution in [1.82, 2.24) is 19.5 Å². The Bertz CT molecular complexity index is 1510. The first-order valence-corrected chi connectivity index (χ1v) is 12.4. The van der Waals surface area contributed by atoms with Gasteiger partial charge in [0.15, 0.2) is 11.5 Å². The number of aliphatic imine (C=N–C) groups is 3. The predicted octanol–water partition coefficient (Wildman–Crippen LogP) is 4.30. The van der Waals surface area contributed by atoms with Crippen LogP contribution in [0, 0.1) is 5.92 Å². The van der Waals surface area contributed by atoms with Crippen molar-refractivity contribution in [1.29, 1.82) is 0 Å². The number of rotatable bonds is 5. The van der Waals surface area contributed by atoms with Gasteiger partial charge in [0.2, 0.25) is 0 Å². The van der Waals surface area contributed by atoms with Gasteiger partial charge in [0, 0.05) is 36.5 Å². The summed E-state index contributed by atoms with van der Waals surface area (Å²) < 4.78 is 7.62. The highest BCUT2D eigenvalue weighted by molar-refractivity contribution is 6.53. The molecule has 0 radical (unpaired) electrons. The lowest BCUT2D eigenvalue weighted by molar-refractivity contribution is 0.0871. The molecule has 6 rings (SSSR count). The van der Waals surface area contributed by atoms with Crippen molar-refractivity contribution in [2.75, 3.05) is 11.9 Å². The van der Waals surface area contributed by atoms with Crippen molar-refractivity contribution < 1.29 is 9.84 Å². The molecular formula is C26H25ClN8O2. The first kappa shape index (κ1) is 23.4. The molecule has 1 saturated heterocycles. The summed E-state index contributed by atoms with van der Waals surface area (Å²) in [6, 6.07) is 9.25. The molecule has 2 aliphatic heterocycles. The lowest BCUT2D eigenvalue weighted by Gasteiger charge is -2.31. The van der Waals surface area contributed by atoms with Crippen LogP contribution in [0.4, 0.5) is 5.69 Å². The van der Waals surface area contributed by atoms with Gasteiger partial charge in [-0.05, 0) is 44.0 Å². The Hall–Kier alpha value is -4.02. The molecule has 2 N–H and O–H groups in total. The number of piperidine rings is 1. The fourth-order valence-electron chi connectivity index (χ4n) is 5.03. The summed E-state index contributed by atoms with van der Waals surface area (Å²) in [6.45, 7) is 6.88. The number of nitrogens with zero attached hydrogens (tertiary/aromatic N) is 7. The molecule has 3 aromatic rings. The van der Waals surface area contributed by atoms with E-state index in [0.717, 1.165) is 25.1 Å². The van der Waals surface area contributed by atoms with Gasteiger partial charge in [0.25, 0.3) is 0 Å². The molecule has 1 aromatic carbocycles. The van der Waals surface area contributed by atoms with Crippen molar-refractivity contribution in [3.8, 4) is 11.5 Å². The molecule has 4 heterocycles. The lowest BCUT2D eigenvalue weighted by Crippen LogP contribution is -2.37. The minimum atomic E-state index is -0.229. The average Bonchev–Trinajstić information content (AvgIpc) is 3.62. The Labute approximate surface area is 218 Å². The normalized spacial score (nSPS) is 24.8. The SMILES string of the molecule is C=C(/N=C1\C(=CC)N=CN=C1Nc1ccc(Oc2ccn3ncnc3c2)c(Cl)c1)N1CC2CC1CC2O. The van der Waals surface area contributed by atoms with Crippen LogP contribution in [0.25, 0.3) is 5.65 Å². The van der Waals surface area contributed by atoms with E-state index >= 15 is 0 Å². The van der Waals surface area contributed by atoms with Crippen molar-refractivity contribution in [3.63, 3.8) is 0 Å². The Balaban J connectivity index is 1.21. The lowest BCUT2D eigenvalue weighted by atomic mass is 10.1. The molecule has 11 heteroatoms. The van der Waals surface area contributed by atoms with E-state index in [4.69, 9.17) is 21.3 Å². The minimum absolute atomic E-state index is 0.229. The number of amidine groups is 1. The van der Waals surface area contributed by atoms with Gasteiger partial charge in [-0.1, -0.05) is 24.3 Å². The van der Waals surface area contributed by atoms with Gasteiger partial charge in [-0.25, -0.2) is 24.5 Å². The zero-order chi connectivity index (χ0) is 25.5. The number of aromatic nitrogens is 3. The van der Waals surface area contributed by atoms with Crippen molar-refractivity contribution in [2.45, 2.75) is 31.9 Å². The zero-order valence-electron chi connectivity index (χ0n) is 20.1.